The summed E-state index contributed by atoms with van der Waals surface area (Å²) in [6.07, 6.45) is 0.246. The fourth-order valence-corrected chi connectivity index (χ4v) is 3.19. The fraction of sp³-hybridized carbons (Fsp3) is 0.444. The van der Waals surface area contributed by atoms with Crippen molar-refractivity contribution in [3.05, 3.63) is 34.9 Å². The highest BCUT2D eigenvalue weighted by Crippen LogP contribution is 2.29. The maximum Gasteiger partial charge on any atom is 0.262 e. The minimum absolute atomic E-state index is 0.0318. The number of amides is 4. The van der Waals surface area contributed by atoms with Crippen LogP contribution < -0.4 is 16.4 Å². The number of nitrogens with zero attached hydrogens (tertiary/aromatic N) is 1. The zero-order chi connectivity index (χ0) is 19.0. The number of fused-ring (bicyclic) bond motifs is 1. The Morgan fingerprint density at radius 3 is 2.62 bits per heavy atom. The van der Waals surface area contributed by atoms with Crippen molar-refractivity contribution in [3.8, 4) is 0 Å². The van der Waals surface area contributed by atoms with Crippen LogP contribution in [0, 0.1) is 0 Å². The van der Waals surface area contributed by atoms with Crippen molar-refractivity contribution in [2.24, 2.45) is 5.73 Å². The summed E-state index contributed by atoms with van der Waals surface area (Å²) < 4.78 is 0. The summed E-state index contributed by atoms with van der Waals surface area (Å²) in [5.41, 5.74) is 7.12. The van der Waals surface area contributed by atoms with Gasteiger partial charge in [0.1, 0.15) is 6.04 Å². The molecule has 2 aliphatic rings. The lowest BCUT2D eigenvalue weighted by Gasteiger charge is -2.27. The van der Waals surface area contributed by atoms with Crippen LogP contribution in [0.3, 0.4) is 0 Å². The minimum atomic E-state index is -0.955. The Balaban J connectivity index is 1.87. The molecule has 4 N–H and O–H groups in total. The number of hydrogen-bond donors (Lipinski definition) is 3. The van der Waals surface area contributed by atoms with Gasteiger partial charge >= 0.3 is 0 Å². The number of hydrogen-bond acceptors (Lipinski definition) is 6. The molecule has 8 heteroatoms. The van der Waals surface area contributed by atoms with Gasteiger partial charge in [-0.2, -0.15) is 0 Å². The van der Waals surface area contributed by atoms with E-state index < -0.39 is 29.7 Å². The molecule has 3 unspecified atom stereocenters. The molecule has 0 radical (unpaired) electrons. The summed E-state index contributed by atoms with van der Waals surface area (Å²) in [6.45, 7) is 4.21. The van der Waals surface area contributed by atoms with E-state index >= 15 is 0 Å². The molecule has 0 aromatic heterocycles. The standard InChI is InChI=1S/C18H22N4O4/c1-9(19)10(2)20-8-11-4-3-5-12-15(11)18(26)22(17(12)25)13-6-7-14(23)21-16(13)24/h3-5,9-10,13,20H,6-8,19H2,1-2H3,(H,21,23,24). The number of carbonyl (C=O) groups is 4. The van der Waals surface area contributed by atoms with Gasteiger partial charge in [0.15, 0.2) is 0 Å². The van der Waals surface area contributed by atoms with Gasteiger partial charge in [-0.1, -0.05) is 12.1 Å². The summed E-state index contributed by atoms with van der Waals surface area (Å²) in [6, 6.07) is 4.09. The highest BCUT2D eigenvalue weighted by Gasteiger charge is 2.45. The van der Waals surface area contributed by atoms with E-state index in [1.807, 2.05) is 13.8 Å². The number of piperidine rings is 1. The molecular formula is C18H22N4O4. The van der Waals surface area contributed by atoms with E-state index in [2.05, 4.69) is 10.6 Å². The first-order chi connectivity index (χ1) is 12.3. The van der Waals surface area contributed by atoms with E-state index in [1.54, 1.807) is 18.2 Å². The van der Waals surface area contributed by atoms with Crippen LogP contribution in [0.5, 0.6) is 0 Å². The first-order valence-electron chi connectivity index (χ1n) is 8.63. The van der Waals surface area contributed by atoms with Gasteiger partial charge in [0.2, 0.25) is 11.8 Å². The molecular weight excluding hydrogens is 336 g/mol. The topological polar surface area (TPSA) is 122 Å². The molecule has 26 heavy (non-hydrogen) atoms. The largest absolute Gasteiger partial charge is 0.327 e. The smallest absolute Gasteiger partial charge is 0.262 e. The van der Waals surface area contributed by atoms with Gasteiger partial charge < -0.3 is 11.1 Å². The summed E-state index contributed by atoms with van der Waals surface area (Å²) >= 11 is 0. The Hall–Kier alpha value is -2.58. The average Bonchev–Trinajstić information content (AvgIpc) is 2.85. The molecule has 2 heterocycles. The Kier molecular flexibility index (Phi) is 4.88. The van der Waals surface area contributed by atoms with Crippen LogP contribution in [0.15, 0.2) is 18.2 Å². The average molecular weight is 358 g/mol. The molecule has 0 bridgehead atoms. The maximum atomic E-state index is 12.9. The lowest BCUT2D eigenvalue weighted by Crippen LogP contribution is -2.54. The summed E-state index contributed by atoms with van der Waals surface area (Å²) in [7, 11) is 0. The molecule has 0 spiro atoms. The molecule has 4 amide bonds. The van der Waals surface area contributed by atoms with Gasteiger partial charge in [-0.25, -0.2) is 0 Å². The maximum absolute atomic E-state index is 12.9. The first kappa shape index (κ1) is 18.2. The number of nitrogens with one attached hydrogen (secondary N) is 2. The van der Waals surface area contributed by atoms with Crippen molar-refractivity contribution >= 4 is 23.6 Å². The zero-order valence-electron chi connectivity index (χ0n) is 14.7. The van der Waals surface area contributed by atoms with E-state index in [0.717, 1.165) is 4.90 Å². The van der Waals surface area contributed by atoms with Gasteiger partial charge in [0, 0.05) is 25.0 Å². The third-order valence-electron chi connectivity index (χ3n) is 4.96. The molecule has 3 atom stereocenters. The normalized spacial score (nSPS) is 22.3. The molecule has 3 rings (SSSR count). The second-order valence-corrected chi connectivity index (χ2v) is 6.82. The fourth-order valence-electron chi connectivity index (χ4n) is 3.19. The van der Waals surface area contributed by atoms with Gasteiger partial charge in [0.05, 0.1) is 11.1 Å². The van der Waals surface area contributed by atoms with E-state index in [0.29, 0.717) is 17.7 Å². The molecule has 0 aliphatic carbocycles. The van der Waals surface area contributed by atoms with Crippen LogP contribution in [0.2, 0.25) is 0 Å². The predicted molar refractivity (Wildman–Crippen MR) is 93.1 cm³/mol. The van der Waals surface area contributed by atoms with E-state index in [4.69, 9.17) is 5.73 Å². The Morgan fingerprint density at radius 2 is 1.96 bits per heavy atom. The number of nitrogens with two attached hydrogens (primary N) is 1. The van der Waals surface area contributed by atoms with Crippen LogP contribution in [-0.4, -0.2) is 46.7 Å². The monoisotopic (exact) mass is 358 g/mol. The second-order valence-electron chi connectivity index (χ2n) is 6.82. The molecule has 138 valence electrons. The number of benzene rings is 1. The summed E-state index contributed by atoms with van der Waals surface area (Å²) in [4.78, 5) is 50.1. The zero-order valence-corrected chi connectivity index (χ0v) is 14.7. The lowest BCUT2D eigenvalue weighted by molar-refractivity contribution is -0.136. The molecule has 8 nitrogen and oxygen atoms in total. The second kappa shape index (κ2) is 6.97. The van der Waals surface area contributed by atoms with Crippen LogP contribution in [0.25, 0.3) is 0 Å². The van der Waals surface area contributed by atoms with Crippen molar-refractivity contribution in [3.63, 3.8) is 0 Å². The van der Waals surface area contributed by atoms with Crippen molar-refractivity contribution in [1.82, 2.24) is 15.5 Å². The number of carbonyl (C=O) groups excluding carboxylic acids is 4. The summed E-state index contributed by atoms with van der Waals surface area (Å²) in [5.74, 6) is -1.99. The van der Waals surface area contributed by atoms with E-state index in [-0.39, 0.29) is 30.5 Å². The third-order valence-corrected chi connectivity index (χ3v) is 4.96. The number of imide groups is 2. The van der Waals surface area contributed by atoms with Crippen LogP contribution >= 0.6 is 0 Å². The van der Waals surface area contributed by atoms with Crippen LogP contribution in [-0.2, 0) is 16.1 Å². The van der Waals surface area contributed by atoms with Crippen molar-refractivity contribution < 1.29 is 19.2 Å². The Bertz CT molecular complexity index is 789. The summed E-state index contributed by atoms with van der Waals surface area (Å²) in [5, 5.41) is 5.43. The molecule has 1 saturated heterocycles. The highest BCUT2D eigenvalue weighted by molar-refractivity contribution is 6.24. The van der Waals surface area contributed by atoms with E-state index in [9.17, 15) is 19.2 Å². The molecule has 1 aromatic carbocycles. The Morgan fingerprint density at radius 1 is 1.23 bits per heavy atom. The molecule has 1 fully saturated rings. The predicted octanol–water partition coefficient (Wildman–Crippen LogP) is -0.0869. The van der Waals surface area contributed by atoms with Gasteiger partial charge in [0.25, 0.3) is 11.8 Å². The van der Waals surface area contributed by atoms with Crippen LogP contribution in [0.1, 0.15) is 53.0 Å². The molecule has 2 aliphatic heterocycles. The van der Waals surface area contributed by atoms with Crippen molar-refractivity contribution in [2.45, 2.75) is 51.4 Å². The quantitative estimate of drug-likeness (QED) is 0.633. The van der Waals surface area contributed by atoms with Gasteiger partial charge in [-0.05, 0) is 31.9 Å². The van der Waals surface area contributed by atoms with Crippen LogP contribution in [0.4, 0.5) is 0 Å². The van der Waals surface area contributed by atoms with E-state index in [1.165, 1.54) is 0 Å². The Labute approximate surface area is 151 Å². The number of rotatable bonds is 5. The molecule has 0 saturated carbocycles. The lowest BCUT2D eigenvalue weighted by atomic mass is 10.0. The van der Waals surface area contributed by atoms with Gasteiger partial charge in [-0.15, -0.1) is 0 Å². The first-order valence-corrected chi connectivity index (χ1v) is 8.63. The third kappa shape index (κ3) is 3.13. The van der Waals surface area contributed by atoms with Gasteiger partial charge in [-0.3, -0.25) is 29.4 Å². The SMILES string of the molecule is CC(N)C(C)NCc1cccc2c1C(=O)N(C1CCC(=O)NC1=O)C2=O. The minimum Gasteiger partial charge on any atom is -0.327 e. The van der Waals surface area contributed by atoms with Crippen molar-refractivity contribution in [2.75, 3.05) is 0 Å². The molecule has 1 aromatic rings. The van der Waals surface area contributed by atoms with Crippen molar-refractivity contribution in [1.29, 1.82) is 0 Å². The highest BCUT2D eigenvalue weighted by atomic mass is 16.2.